The molecule has 4 nitrogen and oxygen atoms in total. The van der Waals surface area contributed by atoms with Gasteiger partial charge in [-0.15, -0.1) is 0 Å². The van der Waals surface area contributed by atoms with Crippen molar-refractivity contribution in [2.45, 2.75) is 44.9 Å². The SMILES string of the molecule is CC(C)OCCOCC(O)CNC1CC=CC1. The highest BCUT2D eigenvalue weighted by atomic mass is 16.5. The van der Waals surface area contributed by atoms with Gasteiger partial charge in [-0.25, -0.2) is 0 Å². The summed E-state index contributed by atoms with van der Waals surface area (Å²) in [7, 11) is 0. The lowest BCUT2D eigenvalue weighted by Crippen LogP contribution is -2.36. The Kier molecular flexibility index (Phi) is 7.44. The van der Waals surface area contributed by atoms with Gasteiger partial charge in [-0.3, -0.25) is 0 Å². The summed E-state index contributed by atoms with van der Waals surface area (Å²) in [6.07, 6.45) is 6.27. The fourth-order valence-corrected chi connectivity index (χ4v) is 1.71. The van der Waals surface area contributed by atoms with Crippen molar-refractivity contribution in [3.8, 4) is 0 Å². The Morgan fingerprint density at radius 1 is 1.29 bits per heavy atom. The van der Waals surface area contributed by atoms with Crippen molar-refractivity contribution in [3.05, 3.63) is 12.2 Å². The zero-order valence-corrected chi connectivity index (χ0v) is 10.9. The van der Waals surface area contributed by atoms with E-state index in [-0.39, 0.29) is 6.10 Å². The van der Waals surface area contributed by atoms with E-state index in [0.29, 0.717) is 32.4 Å². The van der Waals surface area contributed by atoms with Crippen LogP contribution in [0.25, 0.3) is 0 Å². The van der Waals surface area contributed by atoms with Crippen molar-refractivity contribution in [1.29, 1.82) is 0 Å². The second-order valence-electron chi connectivity index (χ2n) is 4.70. The molecule has 100 valence electrons. The van der Waals surface area contributed by atoms with Crippen molar-refractivity contribution in [2.24, 2.45) is 0 Å². The molecule has 1 aliphatic carbocycles. The van der Waals surface area contributed by atoms with E-state index in [4.69, 9.17) is 9.47 Å². The average Bonchev–Trinajstić information content (AvgIpc) is 2.78. The van der Waals surface area contributed by atoms with Crippen molar-refractivity contribution >= 4 is 0 Å². The van der Waals surface area contributed by atoms with Crippen LogP contribution in [0.5, 0.6) is 0 Å². The van der Waals surface area contributed by atoms with Crippen molar-refractivity contribution in [3.63, 3.8) is 0 Å². The van der Waals surface area contributed by atoms with Crippen LogP contribution in [0.4, 0.5) is 0 Å². The number of hydrogen-bond donors (Lipinski definition) is 2. The van der Waals surface area contributed by atoms with Crippen LogP contribution in [0.15, 0.2) is 12.2 Å². The van der Waals surface area contributed by atoms with Crippen LogP contribution in [-0.4, -0.2) is 49.7 Å². The summed E-state index contributed by atoms with van der Waals surface area (Å²) in [5, 5.41) is 13.0. The second-order valence-corrected chi connectivity index (χ2v) is 4.70. The van der Waals surface area contributed by atoms with Gasteiger partial charge in [0.2, 0.25) is 0 Å². The predicted molar refractivity (Wildman–Crippen MR) is 68.1 cm³/mol. The summed E-state index contributed by atoms with van der Waals surface area (Å²) in [4.78, 5) is 0. The molecule has 0 heterocycles. The Bertz CT molecular complexity index is 211. The highest BCUT2D eigenvalue weighted by molar-refractivity contribution is 4.97. The van der Waals surface area contributed by atoms with Gasteiger partial charge in [0.05, 0.1) is 32.0 Å². The lowest BCUT2D eigenvalue weighted by atomic mass is 10.2. The van der Waals surface area contributed by atoms with E-state index in [1.54, 1.807) is 0 Å². The third kappa shape index (κ3) is 7.49. The molecule has 0 aliphatic heterocycles. The average molecular weight is 243 g/mol. The summed E-state index contributed by atoms with van der Waals surface area (Å²) < 4.78 is 10.7. The quantitative estimate of drug-likeness (QED) is 0.470. The third-order valence-corrected chi connectivity index (χ3v) is 2.64. The van der Waals surface area contributed by atoms with Crippen molar-refractivity contribution in [1.82, 2.24) is 5.32 Å². The van der Waals surface area contributed by atoms with Gasteiger partial charge in [0.1, 0.15) is 0 Å². The number of ether oxygens (including phenoxy) is 2. The lowest BCUT2D eigenvalue weighted by Gasteiger charge is -2.16. The van der Waals surface area contributed by atoms with E-state index in [1.165, 1.54) is 0 Å². The summed E-state index contributed by atoms with van der Waals surface area (Å²) in [5.74, 6) is 0. The van der Waals surface area contributed by atoms with E-state index in [1.807, 2.05) is 13.8 Å². The summed E-state index contributed by atoms with van der Waals surface area (Å²) >= 11 is 0. The predicted octanol–water partition coefficient (Wildman–Crippen LogP) is 1.10. The van der Waals surface area contributed by atoms with E-state index < -0.39 is 6.10 Å². The van der Waals surface area contributed by atoms with E-state index in [0.717, 1.165) is 12.8 Å². The molecule has 2 N–H and O–H groups in total. The largest absolute Gasteiger partial charge is 0.389 e. The molecule has 0 bridgehead atoms. The van der Waals surface area contributed by atoms with Crippen LogP contribution >= 0.6 is 0 Å². The number of aliphatic hydroxyl groups excluding tert-OH is 1. The molecule has 0 spiro atoms. The molecule has 0 saturated heterocycles. The van der Waals surface area contributed by atoms with Crippen LogP contribution in [0.1, 0.15) is 26.7 Å². The fraction of sp³-hybridized carbons (Fsp3) is 0.846. The molecule has 0 aromatic carbocycles. The van der Waals surface area contributed by atoms with Gasteiger partial charge in [0.25, 0.3) is 0 Å². The van der Waals surface area contributed by atoms with E-state index >= 15 is 0 Å². The molecule has 1 unspecified atom stereocenters. The van der Waals surface area contributed by atoms with Crippen molar-refractivity contribution < 1.29 is 14.6 Å². The molecule has 17 heavy (non-hydrogen) atoms. The Morgan fingerprint density at radius 3 is 2.65 bits per heavy atom. The van der Waals surface area contributed by atoms with Crippen LogP contribution in [0.2, 0.25) is 0 Å². The van der Waals surface area contributed by atoms with Crippen LogP contribution in [-0.2, 0) is 9.47 Å². The molecule has 0 radical (unpaired) electrons. The Hall–Kier alpha value is -0.420. The fourth-order valence-electron chi connectivity index (χ4n) is 1.71. The molecular formula is C13H25NO3. The molecule has 1 aliphatic rings. The molecule has 1 rings (SSSR count). The van der Waals surface area contributed by atoms with Crippen LogP contribution in [0.3, 0.4) is 0 Å². The van der Waals surface area contributed by atoms with Crippen LogP contribution in [0, 0.1) is 0 Å². The lowest BCUT2D eigenvalue weighted by molar-refractivity contribution is -0.0104. The van der Waals surface area contributed by atoms with Gasteiger partial charge in [-0.1, -0.05) is 12.2 Å². The maximum absolute atomic E-state index is 9.67. The van der Waals surface area contributed by atoms with Gasteiger partial charge >= 0.3 is 0 Å². The maximum Gasteiger partial charge on any atom is 0.0897 e. The monoisotopic (exact) mass is 243 g/mol. The highest BCUT2D eigenvalue weighted by Gasteiger charge is 2.11. The molecule has 0 saturated carbocycles. The summed E-state index contributed by atoms with van der Waals surface area (Å²) in [6, 6.07) is 0.494. The van der Waals surface area contributed by atoms with Gasteiger partial charge < -0.3 is 19.9 Å². The second kappa shape index (κ2) is 8.64. The number of hydrogen-bond acceptors (Lipinski definition) is 4. The molecule has 1 atom stereocenters. The zero-order chi connectivity index (χ0) is 12.5. The minimum Gasteiger partial charge on any atom is -0.389 e. The number of rotatable bonds is 9. The Labute approximate surface area is 104 Å². The first-order chi connectivity index (χ1) is 8.18. The molecular weight excluding hydrogens is 218 g/mol. The first-order valence-corrected chi connectivity index (χ1v) is 6.44. The highest BCUT2D eigenvalue weighted by Crippen LogP contribution is 2.08. The van der Waals surface area contributed by atoms with Gasteiger partial charge in [0.15, 0.2) is 0 Å². The minimum absolute atomic E-state index is 0.236. The molecule has 0 aromatic heterocycles. The summed E-state index contributed by atoms with van der Waals surface area (Å²) in [5.41, 5.74) is 0. The first kappa shape index (κ1) is 14.6. The molecule has 4 heteroatoms. The zero-order valence-electron chi connectivity index (χ0n) is 10.9. The molecule has 0 aromatic rings. The number of nitrogens with one attached hydrogen (secondary N) is 1. The van der Waals surface area contributed by atoms with Gasteiger partial charge in [0, 0.05) is 12.6 Å². The molecule has 0 fully saturated rings. The normalized spacial score (nSPS) is 18.1. The summed E-state index contributed by atoms with van der Waals surface area (Å²) in [6.45, 7) is 6.08. The van der Waals surface area contributed by atoms with Crippen LogP contribution < -0.4 is 5.32 Å². The number of aliphatic hydroxyl groups is 1. The standard InChI is InChI=1S/C13H25NO3/c1-11(2)17-8-7-16-10-13(15)9-14-12-5-3-4-6-12/h3-4,11-15H,5-10H2,1-2H3. The van der Waals surface area contributed by atoms with E-state index in [2.05, 4.69) is 17.5 Å². The van der Waals surface area contributed by atoms with Crippen molar-refractivity contribution in [2.75, 3.05) is 26.4 Å². The smallest absolute Gasteiger partial charge is 0.0897 e. The minimum atomic E-state index is -0.436. The van der Waals surface area contributed by atoms with Gasteiger partial charge in [-0.2, -0.15) is 0 Å². The van der Waals surface area contributed by atoms with E-state index in [9.17, 15) is 5.11 Å². The molecule has 0 amide bonds. The van der Waals surface area contributed by atoms with Gasteiger partial charge in [-0.05, 0) is 26.7 Å². The Morgan fingerprint density at radius 2 is 2.00 bits per heavy atom. The Balaban J connectivity index is 1.88. The first-order valence-electron chi connectivity index (χ1n) is 6.44. The topological polar surface area (TPSA) is 50.7 Å². The maximum atomic E-state index is 9.67. The third-order valence-electron chi connectivity index (χ3n) is 2.64.